The van der Waals surface area contributed by atoms with E-state index < -0.39 is 0 Å². The fourth-order valence-electron chi connectivity index (χ4n) is 1.69. The monoisotopic (exact) mass is 287 g/mol. The van der Waals surface area contributed by atoms with E-state index in [-0.39, 0.29) is 0 Å². The molecule has 0 aliphatic heterocycles. The van der Waals surface area contributed by atoms with Gasteiger partial charge in [0.2, 0.25) is 0 Å². The zero-order valence-electron chi connectivity index (χ0n) is 10.7. The summed E-state index contributed by atoms with van der Waals surface area (Å²) in [7, 11) is 4.20. The highest BCUT2D eigenvalue weighted by atomic mass is 79.9. The summed E-state index contributed by atoms with van der Waals surface area (Å²) in [5, 5.41) is 1.07. The number of imidazole rings is 1. The molecular formula is C12H22BrN3. The highest BCUT2D eigenvalue weighted by Gasteiger charge is 2.15. The van der Waals surface area contributed by atoms with Gasteiger partial charge in [0.15, 0.2) is 0 Å². The molecule has 0 aromatic carbocycles. The predicted octanol–water partition coefficient (Wildman–Crippen LogP) is 2.52. The maximum Gasteiger partial charge on any atom is 0.122 e. The van der Waals surface area contributed by atoms with Crippen LogP contribution in [0, 0.1) is 11.8 Å². The van der Waals surface area contributed by atoms with Crippen LogP contribution < -0.4 is 0 Å². The van der Waals surface area contributed by atoms with Crippen LogP contribution in [0.4, 0.5) is 0 Å². The average Bonchev–Trinajstić information content (AvgIpc) is 2.60. The smallest absolute Gasteiger partial charge is 0.122 e. The van der Waals surface area contributed by atoms with E-state index in [2.05, 4.69) is 51.3 Å². The molecule has 0 aliphatic rings. The van der Waals surface area contributed by atoms with Gasteiger partial charge >= 0.3 is 0 Å². The van der Waals surface area contributed by atoms with E-state index in [1.165, 1.54) is 0 Å². The zero-order chi connectivity index (χ0) is 12.1. The number of aryl methyl sites for hydroxylation is 1. The molecule has 1 rings (SSSR count). The summed E-state index contributed by atoms with van der Waals surface area (Å²) >= 11 is 3.59. The molecule has 0 N–H and O–H groups in total. The molecule has 4 heteroatoms. The van der Waals surface area contributed by atoms with E-state index >= 15 is 0 Å². The standard InChI is InChI=1S/C12H22BrN3/c1-10(2)11(7-13)8-15(3)9-12-14-5-6-16(12)4/h5-6,10-11H,7-9H2,1-4H3. The maximum absolute atomic E-state index is 4.34. The molecule has 0 bridgehead atoms. The third-order valence-electron chi connectivity index (χ3n) is 3.02. The summed E-state index contributed by atoms with van der Waals surface area (Å²) in [4.78, 5) is 6.68. The van der Waals surface area contributed by atoms with Crippen molar-refractivity contribution in [3.8, 4) is 0 Å². The number of rotatable bonds is 6. The van der Waals surface area contributed by atoms with Crippen LogP contribution in [-0.4, -0.2) is 33.4 Å². The molecule has 1 heterocycles. The molecule has 1 atom stereocenters. The lowest BCUT2D eigenvalue weighted by molar-refractivity contribution is 0.241. The molecule has 0 aliphatic carbocycles. The first-order valence-electron chi connectivity index (χ1n) is 5.75. The molecule has 1 aromatic heterocycles. The van der Waals surface area contributed by atoms with Gasteiger partial charge in [0.1, 0.15) is 5.82 Å². The van der Waals surface area contributed by atoms with Gasteiger partial charge in [-0.05, 0) is 18.9 Å². The Kier molecular flexibility index (Phi) is 5.49. The summed E-state index contributed by atoms with van der Waals surface area (Å²) in [6.07, 6.45) is 3.85. The molecule has 0 radical (unpaired) electrons. The van der Waals surface area contributed by atoms with Crippen LogP contribution in [0.25, 0.3) is 0 Å². The maximum atomic E-state index is 4.34. The quantitative estimate of drug-likeness (QED) is 0.750. The van der Waals surface area contributed by atoms with Crippen LogP contribution in [0.15, 0.2) is 12.4 Å². The Morgan fingerprint density at radius 3 is 2.62 bits per heavy atom. The molecule has 0 amide bonds. The molecular weight excluding hydrogens is 266 g/mol. The van der Waals surface area contributed by atoms with Gasteiger partial charge in [-0.2, -0.15) is 0 Å². The Labute approximate surface area is 107 Å². The van der Waals surface area contributed by atoms with Gasteiger partial charge in [-0.3, -0.25) is 4.90 Å². The first-order valence-corrected chi connectivity index (χ1v) is 6.87. The number of aromatic nitrogens is 2. The van der Waals surface area contributed by atoms with Gasteiger partial charge in [-0.1, -0.05) is 29.8 Å². The highest BCUT2D eigenvalue weighted by molar-refractivity contribution is 9.09. The van der Waals surface area contributed by atoms with Crippen molar-refractivity contribution >= 4 is 15.9 Å². The summed E-state index contributed by atoms with van der Waals surface area (Å²) < 4.78 is 2.08. The number of nitrogens with zero attached hydrogens (tertiary/aromatic N) is 3. The summed E-state index contributed by atoms with van der Waals surface area (Å²) in [6.45, 7) is 6.58. The van der Waals surface area contributed by atoms with Crippen molar-refractivity contribution in [1.29, 1.82) is 0 Å². The second-order valence-electron chi connectivity index (χ2n) is 4.81. The Balaban J connectivity index is 2.47. The first-order chi connectivity index (χ1) is 7.54. The van der Waals surface area contributed by atoms with E-state index in [9.17, 15) is 0 Å². The van der Waals surface area contributed by atoms with Crippen LogP contribution in [0.1, 0.15) is 19.7 Å². The van der Waals surface area contributed by atoms with Crippen molar-refractivity contribution in [2.75, 3.05) is 18.9 Å². The predicted molar refractivity (Wildman–Crippen MR) is 71.7 cm³/mol. The van der Waals surface area contributed by atoms with E-state index in [1.807, 2.05) is 19.4 Å². The van der Waals surface area contributed by atoms with Crippen molar-refractivity contribution in [2.24, 2.45) is 18.9 Å². The molecule has 0 saturated carbocycles. The van der Waals surface area contributed by atoms with Crippen LogP contribution >= 0.6 is 15.9 Å². The Morgan fingerprint density at radius 2 is 2.19 bits per heavy atom. The Hall–Kier alpha value is -0.350. The number of hydrogen-bond donors (Lipinski definition) is 0. The molecule has 3 nitrogen and oxygen atoms in total. The van der Waals surface area contributed by atoms with E-state index in [0.717, 1.165) is 24.2 Å². The van der Waals surface area contributed by atoms with Crippen molar-refractivity contribution in [1.82, 2.24) is 14.5 Å². The van der Waals surface area contributed by atoms with Gasteiger partial charge in [-0.25, -0.2) is 4.98 Å². The minimum absolute atomic E-state index is 0.699. The minimum Gasteiger partial charge on any atom is -0.337 e. The lowest BCUT2D eigenvalue weighted by atomic mass is 9.98. The highest BCUT2D eigenvalue weighted by Crippen LogP contribution is 2.15. The SMILES string of the molecule is CC(C)C(CBr)CN(C)Cc1nccn1C. The Morgan fingerprint density at radius 1 is 1.50 bits per heavy atom. The van der Waals surface area contributed by atoms with Crippen molar-refractivity contribution in [3.05, 3.63) is 18.2 Å². The minimum atomic E-state index is 0.699. The van der Waals surface area contributed by atoms with Crippen LogP contribution in [0.2, 0.25) is 0 Å². The second-order valence-corrected chi connectivity index (χ2v) is 5.46. The molecule has 0 spiro atoms. The fraction of sp³-hybridized carbons (Fsp3) is 0.750. The molecule has 0 fully saturated rings. The number of alkyl halides is 1. The number of halogens is 1. The van der Waals surface area contributed by atoms with Crippen molar-refractivity contribution < 1.29 is 0 Å². The lowest BCUT2D eigenvalue weighted by Crippen LogP contribution is -2.30. The largest absolute Gasteiger partial charge is 0.337 e. The first kappa shape index (κ1) is 13.7. The lowest BCUT2D eigenvalue weighted by Gasteiger charge is -2.25. The van der Waals surface area contributed by atoms with E-state index in [0.29, 0.717) is 11.8 Å². The topological polar surface area (TPSA) is 21.1 Å². The van der Waals surface area contributed by atoms with Crippen molar-refractivity contribution in [2.45, 2.75) is 20.4 Å². The molecule has 92 valence electrons. The van der Waals surface area contributed by atoms with Gasteiger partial charge in [0.25, 0.3) is 0 Å². The van der Waals surface area contributed by atoms with Gasteiger partial charge in [0.05, 0.1) is 6.54 Å². The third kappa shape index (κ3) is 3.91. The van der Waals surface area contributed by atoms with E-state index in [4.69, 9.17) is 0 Å². The van der Waals surface area contributed by atoms with Gasteiger partial charge < -0.3 is 4.57 Å². The zero-order valence-corrected chi connectivity index (χ0v) is 12.2. The second kappa shape index (κ2) is 6.40. The molecule has 1 aromatic rings. The van der Waals surface area contributed by atoms with Crippen LogP contribution in [0.5, 0.6) is 0 Å². The van der Waals surface area contributed by atoms with Crippen LogP contribution in [-0.2, 0) is 13.6 Å². The summed E-state index contributed by atoms with van der Waals surface area (Å²) in [5.41, 5.74) is 0. The fourth-order valence-corrected chi connectivity index (χ4v) is 2.65. The van der Waals surface area contributed by atoms with Gasteiger partial charge in [0, 0.05) is 31.3 Å². The molecule has 1 unspecified atom stereocenters. The van der Waals surface area contributed by atoms with E-state index in [1.54, 1.807) is 0 Å². The molecule has 16 heavy (non-hydrogen) atoms. The Bertz CT molecular complexity index is 309. The summed E-state index contributed by atoms with van der Waals surface area (Å²) in [5.74, 6) is 2.54. The van der Waals surface area contributed by atoms with Crippen LogP contribution in [0.3, 0.4) is 0 Å². The third-order valence-corrected chi connectivity index (χ3v) is 3.85. The normalized spacial score (nSPS) is 13.7. The van der Waals surface area contributed by atoms with Gasteiger partial charge in [-0.15, -0.1) is 0 Å². The molecule has 0 saturated heterocycles. The van der Waals surface area contributed by atoms with Crippen molar-refractivity contribution in [3.63, 3.8) is 0 Å². The number of hydrogen-bond acceptors (Lipinski definition) is 2. The average molecular weight is 288 g/mol. The summed E-state index contributed by atoms with van der Waals surface area (Å²) in [6, 6.07) is 0.